The number of hydrogen-bond acceptors (Lipinski definition) is 4. The maximum atomic E-state index is 12.5. The minimum Gasteiger partial charge on any atom is -0.493 e. The highest BCUT2D eigenvalue weighted by Crippen LogP contribution is 2.37. The third kappa shape index (κ3) is 7.61. The van der Waals surface area contributed by atoms with Crippen LogP contribution in [-0.4, -0.2) is 19.6 Å². The smallest absolute Gasteiger partial charge is 0.261 e. The van der Waals surface area contributed by atoms with E-state index in [1.54, 1.807) is 25.3 Å². The van der Waals surface area contributed by atoms with Gasteiger partial charge in [-0.1, -0.05) is 42.5 Å². The van der Waals surface area contributed by atoms with E-state index in [-0.39, 0.29) is 5.57 Å². The Balaban J connectivity index is 1.65. The zero-order valence-corrected chi connectivity index (χ0v) is 22.4. The molecule has 3 aromatic carbocycles. The molecule has 174 valence electrons. The molecule has 0 radical (unpaired) electrons. The van der Waals surface area contributed by atoms with Crippen LogP contribution < -0.4 is 14.8 Å². The number of rotatable bonds is 10. The maximum absolute atomic E-state index is 12.5. The molecular weight excluding hydrogens is 607 g/mol. The number of hydrogen-bond donors (Lipinski definition) is 1. The molecule has 1 amide bonds. The largest absolute Gasteiger partial charge is 0.493 e. The lowest BCUT2D eigenvalue weighted by Crippen LogP contribution is -2.25. The number of aryl methyl sites for hydroxylation is 1. The molecule has 0 aliphatic heterocycles. The summed E-state index contributed by atoms with van der Waals surface area (Å²) in [5.41, 5.74) is 2.94. The molecule has 0 spiro atoms. The molecule has 0 unspecified atom stereocenters. The van der Waals surface area contributed by atoms with Gasteiger partial charge in [-0.15, -0.1) is 0 Å². The van der Waals surface area contributed by atoms with Gasteiger partial charge >= 0.3 is 0 Å². The molecule has 0 aliphatic rings. The van der Waals surface area contributed by atoms with Crippen LogP contribution in [0.5, 0.6) is 11.5 Å². The number of ether oxygens (including phenoxy) is 2. The Labute approximate surface area is 222 Å². The molecular formula is C27H24BrIN2O3. The number of halogens is 2. The monoisotopic (exact) mass is 630 g/mol. The predicted molar refractivity (Wildman–Crippen MR) is 146 cm³/mol. The first-order valence-corrected chi connectivity index (χ1v) is 12.6. The standard InChI is InChI=1S/C27H24BrIN2O3/c1-33-25-16-21(15-24(28)26(25)34-18-20-9-11-23(29)12-10-20)14-22(17-30)27(32)31-13-5-8-19-6-3-2-4-7-19/h2-4,6-7,9-12,14-16H,5,8,13,18H2,1H3,(H,31,32)/b22-14-. The van der Waals surface area contributed by atoms with Crippen LogP contribution in [-0.2, 0) is 17.8 Å². The number of carbonyl (C=O) groups excluding carboxylic acids is 1. The highest BCUT2D eigenvalue weighted by atomic mass is 127. The SMILES string of the molecule is COc1cc(/C=C(/C#N)C(=O)NCCCc2ccccc2)cc(Br)c1OCc1ccc(I)cc1. The van der Waals surface area contributed by atoms with Gasteiger partial charge in [-0.05, 0) is 98.4 Å². The van der Waals surface area contributed by atoms with Gasteiger partial charge < -0.3 is 14.8 Å². The van der Waals surface area contributed by atoms with Crippen molar-refractivity contribution in [2.24, 2.45) is 0 Å². The average Bonchev–Trinajstić information content (AvgIpc) is 2.85. The van der Waals surface area contributed by atoms with Crippen molar-refractivity contribution in [1.82, 2.24) is 5.32 Å². The summed E-state index contributed by atoms with van der Waals surface area (Å²) in [5.74, 6) is 0.665. The van der Waals surface area contributed by atoms with Crippen LogP contribution in [0.3, 0.4) is 0 Å². The Kier molecular flexibility index (Phi) is 9.98. The quantitative estimate of drug-likeness (QED) is 0.124. The van der Waals surface area contributed by atoms with E-state index >= 15 is 0 Å². The summed E-state index contributed by atoms with van der Waals surface area (Å²) in [6.07, 6.45) is 3.20. The van der Waals surface area contributed by atoms with Crippen LogP contribution in [0.4, 0.5) is 0 Å². The topological polar surface area (TPSA) is 71.3 Å². The molecule has 0 aromatic heterocycles. The first kappa shape index (κ1) is 25.8. The normalized spacial score (nSPS) is 10.9. The van der Waals surface area contributed by atoms with Crippen LogP contribution in [0.15, 0.2) is 76.8 Å². The molecule has 0 fully saturated rings. The van der Waals surface area contributed by atoms with Crippen molar-refractivity contribution in [3.05, 3.63) is 97.0 Å². The van der Waals surface area contributed by atoms with Gasteiger partial charge in [0.2, 0.25) is 0 Å². The molecule has 0 bridgehead atoms. The molecule has 0 heterocycles. The second-order valence-corrected chi connectivity index (χ2v) is 9.56. The summed E-state index contributed by atoms with van der Waals surface area (Å²) in [6.45, 7) is 0.876. The number of benzene rings is 3. The van der Waals surface area contributed by atoms with E-state index in [0.29, 0.717) is 34.7 Å². The van der Waals surface area contributed by atoms with Crippen molar-refractivity contribution >= 4 is 50.5 Å². The van der Waals surface area contributed by atoms with E-state index in [1.165, 1.54) is 5.56 Å². The number of carbonyl (C=O) groups is 1. The predicted octanol–water partition coefficient (Wildman–Crippen LogP) is 6.30. The van der Waals surface area contributed by atoms with Gasteiger partial charge in [0, 0.05) is 10.1 Å². The summed E-state index contributed by atoms with van der Waals surface area (Å²) in [5, 5.41) is 12.3. The second kappa shape index (κ2) is 13.2. The number of nitriles is 1. The lowest BCUT2D eigenvalue weighted by molar-refractivity contribution is -0.117. The van der Waals surface area contributed by atoms with Gasteiger partial charge in [-0.2, -0.15) is 5.26 Å². The van der Waals surface area contributed by atoms with Gasteiger partial charge in [0.05, 0.1) is 11.6 Å². The van der Waals surface area contributed by atoms with E-state index in [9.17, 15) is 10.1 Å². The molecule has 34 heavy (non-hydrogen) atoms. The third-order valence-corrected chi connectivity index (χ3v) is 6.30. The fraction of sp³-hybridized carbons (Fsp3) is 0.185. The number of methoxy groups -OCH3 is 1. The Morgan fingerprint density at radius 1 is 1.12 bits per heavy atom. The van der Waals surface area contributed by atoms with Crippen LogP contribution >= 0.6 is 38.5 Å². The molecule has 0 atom stereocenters. The van der Waals surface area contributed by atoms with Crippen molar-refractivity contribution in [1.29, 1.82) is 5.26 Å². The zero-order valence-electron chi connectivity index (χ0n) is 18.7. The van der Waals surface area contributed by atoms with Gasteiger partial charge in [-0.25, -0.2) is 0 Å². The molecule has 3 aromatic rings. The molecule has 0 saturated carbocycles. The number of nitrogens with one attached hydrogen (secondary N) is 1. The Morgan fingerprint density at radius 3 is 2.53 bits per heavy atom. The highest BCUT2D eigenvalue weighted by Gasteiger charge is 2.14. The average molecular weight is 631 g/mol. The minimum absolute atomic E-state index is 0.0289. The lowest BCUT2D eigenvalue weighted by Gasteiger charge is -2.14. The lowest BCUT2D eigenvalue weighted by atomic mass is 10.1. The van der Waals surface area contributed by atoms with Crippen molar-refractivity contribution in [3.8, 4) is 17.6 Å². The Morgan fingerprint density at radius 2 is 1.85 bits per heavy atom. The van der Waals surface area contributed by atoms with E-state index in [4.69, 9.17) is 9.47 Å². The Hall–Kier alpha value is -2.83. The second-order valence-electron chi connectivity index (χ2n) is 7.46. The van der Waals surface area contributed by atoms with Gasteiger partial charge in [-0.3, -0.25) is 4.79 Å². The zero-order chi connectivity index (χ0) is 24.3. The van der Waals surface area contributed by atoms with Crippen molar-refractivity contribution in [2.75, 3.05) is 13.7 Å². The van der Waals surface area contributed by atoms with Gasteiger partial charge in [0.15, 0.2) is 11.5 Å². The maximum Gasteiger partial charge on any atom is 0.261 e. The minimum atomic E-state index is -0.398. The van der Waals surface area contributed by atoms with E-state index < -0.39 is 5.91 Å². The van der Waals surface area contributed by atoms with E-state index in [0.717, 1.165) is 22.0 Å². The van der Waals surface area contributed by atoms with Gasteiger partial charge in [0.1, 0.15) is 18.2 Å². The first-order valence-electron chi connectivity index (χ1n) is 10.7. The fourth-order valence-electron chi connectivity index (χ4n) is 3.25. The summed E-state index contributed by atoms with van der Waals surface area (Å²) >= 11 is 5.79. The summed E-state index contributed by atoms with van der Waals surface area (Å²) in [6, 6.07) is 23.7. The van der Waals surface area contributed by atoms with Crippen molar-refractivity contribution in [3.63, 3.8) is 0 Å². The van der Waals surface area contributed by atoms with Crippen LogP contribution in [0.25, 0.3) is 6.08 Å². The van der Waals surface area contributed by atoms with E-state index in [2.05, 4.69) is 56.0 Å². The highest BCUT2D eigenvalue weighted by molar-refractivity contribution is 14.1. The molecule has 5 nitrogen and oxygen atoms in total. The van der Waals surface area contributed by atoms with Crippen molar-refractivity contribution in [2.45, 2.75) is 19.4 Å². The number of nitrogens with zero attached hydrogens (tertiary/aromatic N) is 1. The molecule has 0 saturated heterocycles. The van der Waals surface area contributed by atoms with Gasteiger partial charge in [0.25, 0.3) is 5.91 Å². The molecule has 1 N–H and O–H groups in total. The fourth-order valence-corrected chi connectivity index (χ4v) is 4.18. The van der Waals surface area contributed by atoms with Crippen molar-refractivity contribution < 1.29 is 14.3 Å². The molecule has 3 rings (SSSR count). The summed E-state index contributed by atoms with van der Waals surface area (Å²) < 4.78 is 13.3. The van der Waals surface area contributed by atoms with Crippen LogP contribution in [0, 0.1) is 14.9 Å². The van der Waals surface area contributed by atoms with Crippen LogP contribution in [0.2, 0.25) is 0 Å². The summed E-state index contributed by atoms with van der Waals surface area (Å²) in [4.78, 5) is 12.5. The molecule has 7 heteroatoms. The Bertz CT molecular complexity index is 1190. The third-order valence-electron chi connectivity index (χ3n) is 4.99. The van der Waals surface area contributed by atoms with E-state index in [1.807, 2.05) is 48.5 Å². The first-order chi connectivity index (χ1) is 16.5. The summed E-state index contributed by atoms with van der Waals surface area (Å²) in [7, 11) is 1.55. The number of amides is 1. The molecule has 0 aliphatic carbocycles. The van der Waals surface area contributed by atoms with Crippen LogP contribution in [0.1, 0.15) is 23.1 Å².